The monoisotopic (exact) mass is 237 g/mol. The van der Waals surface area contributed by atoms with Crippen LogP contribution in [-0.2, 0) is 13.6 Å². The van der Waals surface area contributed by atoms with Crippen molar-refractivity contribution in [3.05, 3.63) is 28.8 Å². The molecule has 0 aromatic carbocycles. The van der Waals surface area contributed by atoms with E-state index in [9.17, 15) is 0 Å². The second kappa shape index (κ2) is 4.21. The normalized spacial score (nSPS) is 11.2. The van der Waals surface area contributed by atoms with Gasteiger partial charge < -0.3 is 14.1 Å². The first-order valence-corrected chi connectivity index (χ1v) is 5.61. The molecule has 0 bridgehead atoms. The molecule has 0 unspecified atom stereocenters. The Kier molecular flexibility index (Phi) is 2.91. The summed E-state index contributed by atoms with van der Waals surface area (Å²) in [4.78, 5) is 3.07. The summed E-state index contributed by atoms with van der Waals surface area (Å²) in [6.07, 6.45) is 3.66. The van der Waals surface area contributed by atoms with Crippen LogP contribution in [0.4, 0.5) is 0 Å². The topological polar surface area (TPSA) is 51.4 Å². The summed E-state index contributed by atoms with van der Waals surface area (Å²) in [5.74, 6) is 1.33. The minimum absolute atomic E-state index is 0.432. The molecule has 6 heteroatoms. The van der Waals surface area contributed by atoms with Crippen molar-refractivity contribution in [3.63, 3.8) is 0 Å². The molecule has 2 aromatic rings. The third-order valence-corrected chi connectivity index (χ3v) is 2.93. The van der Waals surface area contributed by atoms with Gasteiger partial charge in [0.1, 0.15) is 6.33 Å². The Morgan fingerprint density at radius 1 is 1.50 bits per heavy atom. The standard InChI is InChI=1S/C10H15N5S/c1-7(2)8-4-11-10(16)15(8)5-9-13-12-6-14(9)3/h4,6-7H,5H2,1-3H3,(H,11,16). The molecule has 0 radical (unpaired) electrons. The summed E-state index contributed by atoms with van der Waals surface area (Å²) in [6, 6.07) is 0. The molecule has 0 aliphatic heterocycles. The molecule has 0 aliphatic rings. The van der Waals surface area contributed by atoms with Gasteiger partial charge in [-0.1, -0.05) is 13.8 Å². The molecule has 0 aliphatic carbocycles. The maximum Gasteiger partial charge on any atom is 0.177 e. The molecule has 1 N–H and O–H groups in total. The Bertz CT molecular complexity index is 533. The van der Waals surface area contributed by atoms with E-state index in [0.717, 1.165) is 10.6 Å². The smallest absolute Gasteiger partial charge is 0.177 e. The van der Waals surface area contributed by atoms with E-state index in [0.29, 0.717) is 12.5 Å². The maximum absolute atomic E-state index is 5.26. The molecule has 2 aromatic heterocycles. The molecule has 0 atom stereocenters. The average molecular weight is 237 g/mol. The van der Waals surface area contributed by atoms with Gasteiger partial charge in [0.2, 0.25) is 0 Å². The van der Waals surface area contributed by atoms with Gasteiger partial charge in [-0.3, -0.25) is 0 Å². The van der Waals surface area contributed by atoms with Gasteiger partial charge in [0.05, 0.1) is 6.54 Å². The molecule has 2 heterocycles. The van der Waals surface area contributed by atoms with Gasteiger partial charge in [-0.25, -0.2) is 0 Å². The summed E-state index contributed by atoms with van der Waals surface area (Å²) in [6.45, 7) is 4.95. The first-order valence-electron chi connectivity index (χ1n) is 5.20. The highest BCUT2D eigenvalue weighted by molar-refractivity contribution is 7.71. The van der Waals surface area contributed by atoms with E-state index in [1.54, 1.807) is 6.33 Å². The minimum Gasteiger partial charge on any atom is -0.337 e. The number of imidazole rings is 1. The van der Waals surface area contributed by atoms with Crippen LogP contribution in [0.25, 0.3) is 0 Å². The number of aromatic amines is 1. The molecule has 16 heavy (non-hydrogen) atoms. The number of hydrogen-bond donors (Lipinski definition) is 1. The van der Waals surface area contributed by atoms with Crippen LogP contribution in [0.15, 0.2) is 12.5 Å². The Morgan fingerprint density at radius 2 is 2.25 bits per heavy atom. The summed E-state index contributed by atoms with van der Waals surface area (Å²) < 4.78 is 4.69. The van der Waals surface area contributed by atoms with Crippen LogP contribution >= 0.6 is 12.2 Å². The molecule has 5 nitrogen and oxygen atoms in total. The van der Waals surface area contributed by atoms with Crippen LogP contribution in [0.3, 0.4) is 0 Å². The van der Waals surface area contributed by atoms with Crippen molar-refractivity contribution in [1.82, 2.24) is 24.3 Å². The lowest BCUT2D eigenvalue weighted by Gasteiger charge is -2.10. The van der Waals surface area contributed by atoms with Crippen LogP contribution < -0.4 is 0 Å². The first kappa shape index (κ1) is 11.1. The van der Waals surface area contributed by atoms with Gasteiger partial charge in [0.25, 0.3) is 0 Å². The van der Waals surface area contributed by atoms with Gasteiger partial charge in [0.15, 0.2) is 10.6 Å². The molecule has 0 spiro atoms. The lowest BCUT2D eigenvalue weighted by Crippen LogP contribution is -2.09. The third kappa shape index (κ3) is 1.92. The van der Waals surface area contributed by atoms with E-state index in [1.807, 2.05) is 17.8 Å². The maximum atomic E-state index is 5.26. The third-order valence-electron chi connectivity index (χ3n) is 2.60. The van der Waals surface area contributed by atoms with Crippen LogP contribution in [0.5, 0.6) is 0 Å². The van der Waals surface area contributed by atoms with Crippen molar-refractivity contribution in [2.75, 3.05) is 0 Å². The molecule has 0 saturated carbocycles. The van der Waals surface area contributed by atoms with Crippen molar-refractivity contribution >= 4 is 12.2 Å². The fraction of sp³-hybridized carbons (Fsp3) is 0.500. The van der Waals surface area contributed by atoms with Crippen molar-refractivity contribution in [2.45, 2.75) is 26.3 Å². The largest absolute Gasteiger partial charge is 0.337 e. The second-order valence-corrected chi connectivity index (χ2v) is 4.50. The van der Waals surface area contributed by atoms with Crippen molar-refractivity contribution < 1.29 is 0 Å². The van der Waals surface area contributed by atoms with Crippen molar-refractivity contribution in [3.8, 4) is 0 Å². The zero-order chi connectivity index (χ0) is 11.7. The van der Waals surface area contributed by atoms with E-state index in [2.05, 4.69) is 33.6 Å². The van der Waals surface area contributed by atoms with Crippen LogP contribution in [0.1, 0.15) is 31.3 Å². The Hall–Kier alpha value is -1.43. The minimum atomic E-state index is 0.432. The zero-order valence-electron chi connectivity index (χ0n) is 9.64. The Balaban J connectivity index is 2.38. The molecule has 0 saturated heterocycles. The molecular formula is C10H15N5S. The highest BCUT2D eigenvalue weighted by Gasteiger charge is 2.10. The first-order chi connectivity index (χ1) is 7.59. The van der Waals surface area contributed by atoms with Gasteiger partial charge in [-0.15, -0.1) is 10.2 Å². The number of nitrogens with one attached hydrogen (secondary N) is 1. The fourth-order valence-electron chi connectivity index (χ4n) is 1.64. The highest BCUT2D eigenvalue weighted by atomic mass is 32.1. The number of hydrogen-bond acceptors (Lipinski definition) is 3. The van der Waals surface area contributed by atoms with Gasteiger partial charge in [0, 0.05) is 18.9 Å². The van der Waals surface area contributed by atoms with Crippen LogP contribution in [0, 0.1) is 4.77 Å². The van der Waals surface area contributed by atoms with E-state index in [4.69, 9.17) is 12.2 Å². The highest BCUT2D eigenvalue weighted by Crippen LogP contribution is 2.15. The summed E-state index contributed by atoms with van der Waals surface area (Å²) in [5, 5.41) is 7.93. The number of aromatic nitrogens is 5. The van der Waals surface area contributed by atoms with Crippen LogP contribution in [-0.4, -0.2) is 24.3 Å². The summed E-state index contributed by atoms with van der Waals surface area (Å²) in [7, 11) is 1.93. The molecule has 86 valence electrons. The number of aryl methyl sites for hydroxylation is 1. The predicted octanol–water partition coefficient (Wildman–Crippen LogP) is 1.85. The fourth-order valence-corrected chi connectivity index (χ4v) is 1.87. The van der Waals surface area contributed by atoms with Gasteiger partial charge >= 0.3 is 0 Å². The van der Waals surface area contributed by atoms with E-state index in [1.165, 1.54) is 5.69 Å². The lowest BCUT2D eigenvalue weighted by atomic mass is 10.1. The van der Waals surface area contributed by atoms with Gasteiger partial charge in [-0.05, 0) is 18.1 Å². The molecule has 0 amide bonds. The predicted molar refractivity (Wildman–Crippen MR) is 63.8 cm³/mol. The Labute approximate surface area is 99.1 Å². The zero-order valence-corrected chi connectivity index (χ0v) is 10.5. The lowest BCUT2D eigenvalue weighted by molar-refractivity contribution is 0.639. The number of rotatable bonds is 3. The quantitative estimate of drug-likeness (QED) is 0.829. The number of nitrogens with zero attached hydrogens (tertiary/aromatic N) is 4. The van der Waals surface area contributed by atoms with E-state index < -0.39 is 0 Å². The summed E-state index contributed by atoms with van der Waals surface area (Å²) in [5.41, 5.74) is 1.19. The molecular weight excluding hydrogens is 222 g/mol. The van der Waals surface area contributed by atoms with Crippen molar-refractivity contribution in [2.24, 2.45) is 7.05 Å². The average Bonchev–Trinajstić information content (AvgIpc) is 2.76. The van der Waals surface area contributed by atoms with E-state index in [-0.39, 0.29) is 0 Å². The summed E-state index contributed by atoms with van der Waals surface area (Å²) >= 11 is 5.26. The SMILES string of the molecule is CC(C)c1c[nH]c(=S)n1Cc1nncn1C. The molecule has 0 fully saturated rings. The second-order valence-electron chi connectivity index (χ2n) is 4.12. The van der Waals surface area contributed by atoms with E-state index >= 15 is 0 Å². The van der Waals surface area contributed by atoms with Crippen molar-refractivity contribution in [1.29, 1.82) is 0 Å². The molecule has 2 rings (SSSR count). The van der Waals surface area contributed by atoms with Crippen LogP contribution in [0.2, 0.25) is 0 Å². The number of H-pyrrole nitrogens is 1. The van der Waals surface area contributed by atoms with Gasteiger partial charge in [-0.2, -0.15) is 0 Å². The Morgan fingerprint density at radius 3 is 2.81 bits per heavy atom.